The van der Waals surface area contributed by atoms with E-state index in [1.54, 1.807) is 61.6 Å². The molecule has 0 radical (unpaired) electrons. The third-order valence-electron chi connectivity index (χ3n) is 11.5. The highest BCUT2D eigenvalue weighted by molar-refractivity contribution is 5.85. The SMILES string of the molecule is Cl.Fc1ccc(-c2nc3occn3c2-c2ccnc(N[C@@H]3CCCNC3)n2)cc1.O=C(N1CCOCC1)N1CCC[C@@H](Nc2nccc(-c3c(-c4ccc(F)cc4)nc4occn34)n2)C1. The quantitative estimate of drug-likeness (QED) is 0.138. The fourth-order valence-electron chi connectivity index (χ4n) is 8.36. The van der Waals surface area contributed by atoms with E-state index in [0.29, 0.717) is 79.6 Å². The van der Waals surface area contributed by atoms with E-state index in [1.165, 1.54) is 24.3 Å². The van der Waals surface area contributed by atoms with Gasteiger partial charge in [-0.1, -0.05) is 0 Å². The summed E-state index contributed by atoms with van der Waals surface area (Å²) in [6, 6.07) is 16.5. The van der Waals surface area contributed by atoms with Gasteiger partial charge >= 0.3 is 17.7 Å². The molecule has 0 saturated carbocycles. The van der Waals surface area contributed by atoms with Crippen LogP contribution in [0.5, 0.6) is 0 Å². The predicted octanol–water partition coefficient (Wildman–Crippen LogP) is 7.30. The van der Waals surface area contributed by atoms with Crippen molar-refractivity contribution in [3.63, 3.8) is 0 Å². The number of aromatic nitrogens is 8. The molecule has 0 spiro atoms. The van der Waals surface area contributed by atoms with Gasteiger partial charge in [0.2, 0.25) is 11.9 Å². The number of amides is 2. The number of benzene rings is 2. The van der Waals surface area contributed by atoms with E-state index >= 15 is 0 Å². The van der Waals surface area contributed by atoms with Crippen LogP contribution in [0.25, 0.3) is 57.0 Å². The van der Waals surface area contributed by atoms with Gasteiger partial charge in [-0.3, -0.25) is 8.80 Å². The van der Waals surface area contributed by atoms with Crippen LogP contribution in [0.3, 0.4) is 0 Å². The molecule has 3 fully saturated rings. The second-order valence-corrected chi connectivity index (χ2v) is 15.8. The number of urea groups is 1. The van der Waals surface area contributed by atoms with E-state index < -0.39 is 0 Å². The molecule has 65 heavy (non-hydrogen) atoms. The fourth-order valence-corrected chi connectivity index (χ4v) is 8.36. The molecular weight excluding hydrogens is 860 g/mol. The van der Waals surface area contributed by atoms with Crippen molar-refractivity contribution in [1.29, 1.82) is 0 Å². The average Bonchev–Trinajstić information content (AvgIpc) is 4.13. The van der Waals surface area contributed by atoms with Crippen molar-refractivity contribution < 1.29 is 27.1 Å². The Bertz CT molecular complexity index is 2850. The molecule has 9 heterocycles. The summed E-state index contributed by atoms with van der Waals surface area (Å²) < 4.78 is 46.9. The average molecular weight is 906 g/mol. The molecule has 6 aromatic heterocycles. The van der Waals surface area contributed by atoms with Gasteiger partial charge in [-0.05, 0) is 92.9 Å². The summed E-state index contributed by atoms with van der Waals surface area (Å²) >= 11 is 0. The summed E-state index contributed by atoms with van der Waals surface area (Å²) in [5, 5.41) is 10.2. The first-order chi connectivity index (χ1) is 31.4. The zero-order chi connectivity index (χ0) is 43.4. The highest BCUT2D eigenvalue weighted by Gasteiger charge is 2.29. The number of ether oxygens (including phenoxy) is 1. The number of imidazole rings is 2. The molecule has 3 N–H and O–H groups in total. The molecule has 0 bridgehead atoms. The van der Waals surface area contributed by atoms with E-state index in [2.05, 4.69) is 35.9 Å². The Kier molecular flexibility index (Phi) is 12.9. The van der Waals surface area contributed by atoms with Crippen LogP contribution in [0.15, 0.2) is 107 Å². The van der Waals surface area contributed by atoms with Gasteiger partial charge in [0.1, 0.15) is 46.9 Å². The van der Waals surface area contributed by atoms with Crippen molar-refractivity contribution in [2.75, 3.05) is 63.1 Å². The highest BCUT2D eigenvalue weighted by atomic mass is 35.5. The zero-order valence-electron chi connectivity index (χ0n) is 35.1. The molecule has 0 aliphatic carbocycles. The van der Waals surface area contributed by atoms with Gasteiger partial charge in [0.15, 0.2) is 0 Å². The van der Waals surface area contributed by atoms with Crippen molar-refractivity contribution in [2.24, 2.45) is 0 Å². The van der Waals surface area contributed by atoms with Crippen molar-refractivity contribution >= 4 is 42.0 Å². The number of morpholine rings is 1. The van der Waals surface area contributed by atoms with Crippen molar-refractivity contribution in [3.05, 3.63) is 110 Å². The van der Waals surface area contributed by atoms with Crippen LogP contribution in [-0.4, -0.2) is 119 Å². The van der Waals surface area contributed by atoms with Crippen LogP contribution in [-0.2, 0) is 4.74 Å². The number of nitrogens with zero attached hydrogens (tertiary/aromatic N) is 10. The van der Waals surface area contributed by atoms with E-state index in [4.69, 9.17) is 23.5 Å². The van der Waals surface area contributed by atoms with E-state index in [1.807, 2.05) is 30.7 Å². The van der Waals surface area contributed by atoms with Crippen LogP contribution in [0.4, 0.5) is 25.5 Å². The zero-order valence-corrected chi connectivity index (χ0v) is 36.0. The van der Waals surface area contributed by atoms with Gasteiger partial charge < -0.3 is 39.3 Å². The number of nitrogens with one attached hydrogen (secondary N) is 3. The minimum Gasteiger partial charge on any atom is -0.432 e. The number of carbonyl (C=O) groups excluding carboxylic acids is 1. The normalized spacial score (nSPS) is 17.6. The number of piperidine rings is 2. The lowest BCUT2D eigenvalue weighted by Gasteiger charge is -2.37. The topological polar surface area (TPSA) is 181 Å². The molecule has 0 unspecified atom stereocenters. The van der Waals surface area contributed by atoms with Gasteiger partial charge in [0.25, 0.3) is 0 Å². The second-order valence-electron chi connectivity index (χ2n) is 15.8. The first-order valence-corrected chi connectivity index (χ1v) is 21.4. The Morgan fingerprint density at radius 3 is 1.74 bits per heavy atom. The molecule has 336 valence electrons. The maximum absolute atomic E-state index is 13.5. The number of halogens is 3. The minimum atomic E-state index is -0.314. The first-order valence-electron chi connectivity index (χ1n) is 21.4. The smallest absolute Gasteiger partial charge is 0.320 e. The number of likely N-dealkylation sites (tertiary alicyclic amines) is 1. The number of carbonyl (C=O) groups is 1. The third kappa shape index (κ3) is 9.48. The van der Waals surface area contributed by atoms with Crippen LogP contribution >= 0.6 is 12.4 Å². The summed E-state index contributed by atoms with van der Waals surface area (Å²) in [6.45, 7) is 5.70. The van der Waals surface area contributed by atoms with E-state index in [0.717, 1.165) is 73.5 Å². The lowest BCUT2D eigenvalue weighted by molar-refractivity contribution is 0.0412. The first kappa shape index (κ1) is 43.3. The second kappa shape index (κ2) is 19.4. The monoisotopic (exact) mass is 905 g/mol. The molecule has 11 rings (SSSR count). The van der Waals surface area contributed by atoms with Crippen molar-refractivity contribution in [2.45, 2.75) is 37.8 Å². The molecule has 3 aliphatic rings. The van der Waals surface area contributed by atoms with Gasteiger partial charge in [-0.2, -0.15) is 9.97 Å². The molecule has 3 saturated heterocycles. The summed E-state index contributed by atoms with van der Waals surface area (Å²) in [6.07, 6.45) is 14.2. The van der Waals surface area contributed by atoms with Crippen LogP contribution in [0.2, 0.25) is 0 Å². The lowest BCUT2D eigenvalue weighted by atomic mass is 10.1. The molecule has 3 aliphatic heterocycles. The molecular formula is C45H46ClF2N13O4. The Morgan fingerprint density at radius 1 is 0.662 bits per heavy atom. The lowest BCUT2D eigenvalue weighted by Crippen LogP contribution is -2.53. The maximum atomic E-state index is 13.5. The molecule has 2 amide bonds. The number of hydrogen-bond acceptors (Lipinski definition) is 13. The highest BCUT2D eigenvalue weighted by Crippen LogP contribution is 2.34. The number of oxazole rings is 2. The summed E-state index contributed by atoms with van der Waals surface area (Å²) in [5.41, 5.74) is 5.74. The Labute approximate surface area is 377 Å². The van der Waals surface area contributed by atoms with Crippen LogP contribution < -0.4 is 16.0 Å². The molecule has 20 heteroatoms. The Morgan fingerprint density at radius 2 is 1.20 bits per heavy atom. The van der Waals surface area contributed by atoms with Gasteiger partial charge in [0, 0.05) is 80.7 Å². The van der Waals surface area contributed by atoms with Gasteiger partial charge in [-0.25, -0.2) is 33.5 Å². The largest absolute Gasteiger partial charge is 0.432 e. The summed E-state index contributed by atoms with van der Waals surface area (Å²) in [7, 11) is 0. The number of rotatable bonds is 8. The van der Waals surface area contributed by atoms with Gasteiger partial charge in [0.05, 0.1) is 24.6 Å². The summed E-state index contributed by atoms with van der Waals surface area (Å²) in [5.74, 6) is 1.32. The Hall–Kier alpha value is -6.96. The molecule has 8 aromatic rings. The number of anilines is 2. The van der Waals surface area contributed by atoms with Crippen molar-refractivity contribution in [1.82, 2.24) is 53.8 Å². The predicted molar refractivity (Wildman–Crippen MR) is 241 cm³/mol. The maximum Gasteiger partial charge on any atom is 0.320 e. The summed E-state index contributed by atoms with van der Waals surface area (Å²) in [4.78, 5) is 44.2. The Balaban J connectivity index is 0.000000166. The standard InChI is InChI=1S/C25H26FN7O3.C20H19FN6O.ClH/c26-18-5-3-17(4-6-18)21-22(33-12-15-36-24(33)30-21)20-7-8-27-23(29-20)28-19-2-1-9-32(16-19)25(34)31-10-13-35-14-11-31;21-14-5-3-13(4-6-14)17-18(27-10-11-28-20(27)26-17)16-7-9-23-19(25-16)24-15-2-1-8-22-12-15;/h3-8,12,15,19H,1-2,9-11,13-14,16H2,(H,27,28,29);3-7,9-11,15,22H,1-2,8,12H2,(H,23,24,25);1H/t19-;15-;/m11./s1. The van der Waals surface area contributed by atoms with Gasteiger partial charge in [-0.15, -0.1) is 12.4 Å². The van der Waals surface area contributed by atoms with Crippen LogP contribution in [0.1, 0.15) is 25.7 Å². The fraction of sp³-hybridized carbons (Fsp3) is 0.311. The van der Waals surface area contributed by atoms with Crippen molar-refractivity contribution in [3.8, 4) is 45.3 Å². The number of hydrogen-bond donors (Lipinski definition) is 3. The molecule has 2 atom stereocenters. The number of fused-ring (bicyclic) bond motifs is 2. The van der Waals surface area contributed by atoms with Crippen LogP contribution in [0, 0.1) is 11.6 Å². The van der Waals surface area contributed by atoms with E-state index in [9.17, 15) is 13.6 Å². The minimum absolute atomic E-state index is 0. The molecule has 17 nitrogen and oxygen atoms in total. The van der Waals surface area contributed by atoms with E-state index in [-0.39, 0.29) is 36.1 Å². The molecule has 2 aromatic carbocycles. The third-order valence-corrected chi connectivity index (χ3v) is 11.5.